The lowest BCUT2D eigenvalue weighted by molar-refractivity contribution is 0.656. The number of nitrogens with zero attached hydrogens (tertiary/aromatic N) is 4. The molecule has 2 N–H and O–H groups in total. The predicted octanol–water partition coefficient (Wildman–Crippen LogP) is 3.33. The van der Waals surface area contributed by atoms with Crippen LogP contribution in [0.5, 0.6) is 0 Å². The van der Waals surface area contributed by atoms with Gasteiger partial charge in [0.15, 0.2) is 5.96 Å². The summed E-state index contributed by atoms with van der Waals surface area (Å²) in [5, 5.41) is 11.5. The van der Waals surface area contributed by atoms with Crippen LogP contribution in [0.15, 0.2) is 59.9 Å². The zero-order valence-electron chi connectivity index (χ0n) is 16.7. The third-order valence-corrected chi connectivity index (χ3v) is 4.69. The van der Waals surface area contributed by atoms with Gasteiger partial charge in [-0.25, -0.2) is 0 Å². The Kier molecular flexibility index (Phi) is 8.56. The fourth-order valence-corrected chi connectivity index (χ4v) is 3.12. The van der Waals surface area contributed by atoms with Crippen LogP contribution in [-0.2, 0) is 19.6 Å². The Morgan fingerprint density at radius 1 is 1.04 bits per heavy atom. The molecule has 0 amide bonds. The lowest BCUT2D eigenvalue weighted by atomic mass is 10.2. The number of hydrogen-bond donors (Lipinski definition) is 2. The van der Waals surface area contributed by atoms with E-state index in [4.69, 9.17) is 5.10 Å². The molecule has 0 atom stereocenters. The quantitative estimate of drug-likeness (QED) is 0.302. The molecule has 0 spiro atoms. The molecule has 1 aromatic carbocycles. The minimum Gasteiger partial charge on any atom is -0.355 e. The molecular weight excluding hydrogens is 463 g/mol. The Morgan fingerprint density at radius 2 is 1.75 bits per heavy atom. The van der Waals surface area contributed by atoms with Gasteiger partial charge in [0, 0.05) is 50.3 Å². The van der Waals surface area contributed by atoms with Crippen molar-refractivity contribution in [1.82, 2.24) is 25.0 Å². The number of benzene rings is 1. The molecule has 0 unspecified atom stereocenters. The van der Waals surface area contributed by atoms with Crippen molar-refractivity contribution >= 4 is 29.9 Å². The molecule has 0 bridgehead atoms. The van der Waals surface area contributed by atoms with Crippen molar-refractivity contribution < 1.29 is 0 Å². The van der Waals surface area contributed by atoms with Crippen molar-refractivity contribution in [3.8, 4) is 0 Å². The normalized spacial score (nSPS) is 11.2. The summed E-state index contributed by atoms with van der Waals surface area (Å²) < 4.78 is 4.21. The Labute approximate surface area is 184 Å². The van der Waals surface area contributed by atoms with E-state index < -0.39 is 0 Å². The van der Waals surface area contributed by atoms with E-state index in [1.54, 1.807) is 7.05 Å². The van der Waals surface area contributed by atoms with Gasteiger partial charge >= 0.3 is 0 Å². The third-order valence-electron chi connectivity index (χ3n) is 4.69. The smallest absolute Gasteiger partial charge is 0.191 e. The number of rotatable bonds is 7. The highest BCUT2D eigenvalue weighted by Crippen LogP contribution is 2.14. The summed E-state index contributed by atoms with van der Waals surface area (Å²) in [4.78, 5) is 4.31. The monoisotopic (exact) mass is 492 g/mol. The summed E-state index contributed by atoms with van der Waals surface area (Å²) in [6.45, 7) is 7.41. The Bertz CT molecular complexity index is 868. The van der Waals surface area contributed by atoms with E-state index in [-0.39, 0.29) is 24.0 Å². The summed E-state index contributed by atoms with van der Waals surface area (Å²) in [5.74, 6) is 0.803. The third kappa shape index (κ3) is 5.85. The van der Waals surface area contributed by atoms with Gasteiger partial charge < -0.3 is 15.2 Å². The predicted molar refractivity (Wildman–Crippen MR) is 125 cm³/mol. The van der Waals surface area contributed by atoms with Gasteiger partial charge in [0.1, 0.15) is 0 Å². The van der Waals surface area contributed by atoms with Crippen molar-refractivity contribution in [2.75, 3.05) is 13.6 Å². The maximum absolute atomic E-state index is 4.72. The van der Waals surface area contributed by atoms with Crippen molar-refractivity contribution in [2.45, 2.75) is 33.5 Å². The van der Waals surface area contributed by atoms with Crippen molar-refractivity contribution in [3.05, 3.63) is 77.4 Å². The fraction of sp³-hybridized carbons (Fsp3) is 0.333. The summed E-state index contributed by atoms with van der Waals surface area (Å²) in [5.41, 5.74) is 4.72. The van der Waals surface area contributed by atoms with E-state index >= 15 is 0 Å². The van der Waals surface area contributed by atoms with E-state index in [0.29, 0.717) is 6.54 Å². The first-order valence-electron chi connectivity index (χ1n) is 9.29. The number of halogens is 1. The summed E-state index contributed by atoms with van der Waals surface area (Å²) in [6.07, 6.45) is 4.12. The van der Waals surface area contributed by atoms with Crippen LogP contribution >= 0.6 is 24.0 Å². The molecule has 7 heteroatoms. The molecular formula is C21H29IN6. The number of nitrogens with one attached hydrogen (secondary N) is 2. The number of guanidine groups is 1. The topological polar surface area (TPSA) is 59.2 Å². The van der Waals surface area contributed by atoms with E-state index in [1.807, 2.05) is 18.2 Å². The van der Waals surface area contributed by atoms with Gasteiger partial charge in [0.05, 0.1) is 12.2 Å². The lowest BCUT2D eigenvalue weighted by Crippen LogP contribution is -2.38. The second kappa shape index (κ2) is 10.9. The average Bonchev–Trinajstić information content (AvgIpc) is 3.28. The SMILES string of the molecule is CN=C(NCCn1cccc1)NCc1c(C)nn(Cc2ccccc2)c1C.I. The first-order valence-corrected chi connectivity index (χ1v) is 9.29. The first-order chi connectivity index (χ1) is 13.2. The Morgan fingerprint density at radius 3 is 2.43 bits per heavy atom. The Balaban J connectivity index is 0.00000280. The molecule has 6 nitrogen and oxygen atoms in total. The van der Waals surface area contributed by atoms with Gasteiger partial charge in [-0.1, -0.05) is 30.3 Å². The van der Waals surface area contributed by atoms with Crippen molar-refractivity contribution in [3.63, 3.8) is 0 Å². The zero-order chi connectivity index (χ0) is 19.1. The molecule has 0 saturated carbocycles. The highest BCUT2D eigenvalue weighted by Gasteiger charge is 2.12. The highest BCUT2D eigenvalue weighted by molar-refractivity contribution is 14.0. The van der Waals surface area contributed by atoms with E-state index in [2.05, 4.69) is 75.4 Å². The minimum absolute atomic E-state index is 0. The molecule has 28 heavy (non-hydrogen) atoms. The molecule has 0 aliphatic carbocycles. The maximum Gasteiger partial charge on any atom is 0.191 e. The van der Waals surface area contributed by atoms with Gasteiger partial charge in [0.2, 0.25) is 0 Å². The van der Waals surface area contributed by atoms with Crippen LogP contribution in [0.4, 0.5) is 0 Å². The second-order valence-electron chi connectivity index (χ2n) is 6.57. The molecule has 3 aromatic rings. The van der Waals surface area contributed by atoms with Gasteiger partial charge in [-0.3, -0.25) is 9.67 Å². The van der Waals surface area contributed by atoms with Gasteiger partial charge in [0.25, 0.3) is 0 Å². The largest absolute Gasteiger partial charge is 0.355 e. The minimum atomic E-state index is 0. The highest BCUT2D eigenvalue weighted by atomic mass is 127. The lowest BCUT2D eigenvalue weighted by Gasteiger charge is -2.13. The fourth-order valence-electron chi connectivity index (χ4n) is 3.12. The standard InChI is InChI=1S/C21H28N6.HI/c1-17-20(18(2)27(25-17)16-19-9-5-4-6-10-19)15-24-21(22-3)23-11-14-26-12-7-8-13-26;/h4-10,12-13H,11,14-16H2,1-3H3,(H2,22,23,24);1H. The van der Waals surface area contributed by atoms with Crippen LogP contribution in [0.25, 0.3) is 0 Å². The van der Waals surface area contributed by atoms with Crippen LogP contribution in [0.1, 0.15) is 22.5 Å². The van der Waals surface area contributed by atoms with E-state index in [9.17, 15) is 0 Å². The average molecular weight is 492 g/mol. The molecule has 0 aliphatic rings. The molecule has 2 aromatic heterocycles. The number of aryl methyl sites for hydroxylation is 1. The summed E-state index contributed by atoms with van der Waals surface area (Å²) in [7, 11) is 1.80. The number of aliphatic imine (C=N–C) groups is 1. The number of aromatic nitrogens is 3. The second-order valence-corrected chi connectivity index (χ2v) is 6.57. The maximum atomic E-state index is 4.72. The van der Waals surface area contributed by atoms with Crippen LogP contribution in [0.2, 0.25) is 0 Å². The van der Waals surface area contributed by atoms with Crippen molar-refractivity contribution in [1.29, 1.82) is 0 Å². The molecule has 0 fully saturated rings. The van der Waals surface area contributed by atoms with Gasteiger partial charge in [-0.05, 0) is 31.5 Å². The van der Waals surface area contributed by atoms with Crippen LogP contribution in [-0.4, -0.2) is 33.9 Å². The molecule has 2 heterocycles. The van der Waals surface area contributed by atoms with Gasteiger partial charge in [-0.2, -0.15) is 5.10 Å². The summed E-state index contributed by atoms with van der Waals surface area (Å²) >= 11 is 0. The van der Waals surface area contributed by atoms with E-state index in [1.165, 1.54) is 16.8 Å². The van der Waals surface area contributed by atoms with Crippen LogP contribution < -0.4 is 10.6 Å². The molecule has 3 rings (SSSR count). The molecule has 0 saturated heterocycles. The zero-order valence-corrected chi connectivity index (χ0v) is 19.1. The molecule has 150 valence electrons. The van der Waals surface area contributed by atoms with E-state index in [0.717, 1.165) is 31.3 Å². The Hall–Kier alpha value is -2.29. The first kappa shape index (κ1) is 22.0. The van der Waals surface area contributed by atoms with Gasteiger partial charge in [-0.15, -0.1) is 24.0 Å². The summed E-state index contributed by atoms with van der Waals surface area (Å²) in [6, 6.07) is 14.5. The molecule has 0 radical (unpaired) electrons. The number of hydrogen-bond acceptors (Lipinski definition) is 2. The molecule has 0 aliphatic heterocycles. The van der Waals surface area contributed by atoms with Crippen molar-refractivity contribution in [2.24, 2.45) is 4.99 Å². The van der Waals surface area contributed by atoms with Crippen LogP contribution in [0, 0.1) is 13.8 Å². The van der Waals surface area contributed by atoms with Crippen LogP contribution in [0.3, 0.4) is 0 Å².